The molecule has 0 radical (unpaired) electrons. The van der Waals surface area contributed by atoms with Gasteiger partial charge in [-0.2, -0.15) is 0 Å². The number of fused-ring (bicyclic) bond motifs is 3. The molecule has 0 aromatic carbocycles. The van der Waals surface area contributed by atoms with Crippen molar-refractivity contribution in [2.75, 3.05) is 6.61 Å². The van der Waals surface area contributed by atoms with E-state index in [0.29, 0.717) is 12.0 Å². The third kappa shape index (κ3) is 4.85. The van der Waals surface area contributed by atoms with E-state index in [-0.39, 0.29) is 41.1 Å². The van der Waals surface area contributed by atoms with Gasteiger partial charge >= 0.3 is 11.9 Å². The molecule has 2 saturated carbocycles. The first-order chi connectivity index (χ1) is 18.8. The summed E-state index contributed by atoms with van der Waals surface area (Å²) in [5.74, 6) is -1.98. The number of Topliss-reactive ketones (excluding diaryl/α,β-unsaturated/α-hetero) is 1. The number of unbranched alkanes of at least 4 members (excludes halogenated alkanes) is 2. The maximum absolute atomic E-state index is 14.5. The average molecular weight is 553 g/mol. The molecule has 0 aliphatic heterocycles. The molecule has 0 aromatic rings. The molecule has 2 bridgehead atoms. The van der Waals surface area contributed by atoms with Crippen molar-refractivity contribution < 1.29 is 34.1 Å². The normalized spacial score (nSPS) is 38.0. The molecule has 7 nitrogen and oxygen atoms in total. The Morgan fingerprint density at radius 1 is 1.18 bits per heavy atom. The summed E-state index contributed by atoms with van der Waals surface area (Å²) < 4.78 is 11.1. The van der Waals surface area contributed by atoms with Crippen molar-refractivity contribution in [3.63, 3.8) is 0 Å². The number of carbonyl (C=O) groups excluding carboxylic acids is 3. The second-order valence-corrected chi connectivity index (χ2v) is 12.6. The van der Waals surface area contributed by atoms with Crippen LogP contribution in [0.2, 0.25) is 0 Å². The molecule has 0 aromatic heterocycles. The van der Waals surface area contributed by atoms with Gasteiger partial charge in [-0.15, -0.1) is 0 Å². The van der Waals surface area contributed by atoms with Crippen LogP contribution in [0.15, 0.2) is 59.8 Å². The summed E-state index contributed by atoms with van der Waals surface area (Å²) in [6.07, 6.45) is 14.9. The first-order valence-electron chi connectivity index (χ1n) is 14.5. The van der Waals surface area contributed by atoms with E-state index in [1.165, 1.54) is 13.0 Å². The van der Waals surface area contributed by atoms with Crippen LogP contribution in [0.5, 0.6) is 0 Å². The molecule has 4 aliphatic carbocycles. The number of aliphatic hydroxyl groups excluding tert-OH is 1. The highest BCUT2D eigenvalue weighted by atomic mass is 16.6. The number of esters is 2. The Kier molecular flexibility index (Phi) is 8.49. The second kappa shape index (κ2) is 11.2. The summed E-state index contributed by atoms with van der Waals surface area (Å²) in [5.41, 5.74) is -2.92. The van der Waals surface area contributed by atoms with E-state index < -0.39 is 41.1 Å². The fraction of sp³-hybridized carbons (Fsp3) is 0.606. The largest absolute Gasteiger partial charge is 0.461 e. The highest BCUT2D eigenvalue weighted by Gasteiger charge is 2.76. The lowest BCUT2D eigenvalue weighted by Crippen LogP contribution is -2.65. The van der Waals surface area contributed by atoms with E-state index >= 15 is 0 Å². The molecule has 40 heavy (non-hydrogen) atoms. The Labute approximate surface area is 237 Å². The number of aliphatic hydroxyl groups is 2. The van der Waals surface area contributed by atoms with Gasteiger partial charge in [0.05, 0.1) is 5.41 Å². The number of ketones is 1. The SMILES string of the molecule is CCCC/C=C/C=C\C=C\C(=O)O[C@H]1C(C)=C[C@]23C(=O)C(C=C(COC(C)=O)[C@@H](O)[C@]12O)[C@H]1[C@@H](C[C@H]3C)C1(C)C. The monoisotopic (exact) mass is 552 g/mol. The molecule has 0 amide bonds. The van der Waals surface area contributed by atoms with Crippen LogP contribution in [0.4, 0.5) is 0 Å². The van der Waals surface area contributed by atoms with Crippen LogP contribution in [-0.2, 0) is 23.9 Å². The highest BCUT2D eigenvalue weighted by molar-refractivity contribution is 5.95. The van der Waals surface area contributed by atoms with Gasteiger partial charge in [0.15, 0.2) is 17.5 Å². The van der Waals surface area contributed by atoms with Gasteiger partial charge in [-0.25, -0.2) is 4.79 Å². The van der Waals surface area contributed by atoms with Crippen LogP contribution in [0.3, 0.4) is 0 Å². The molecule has 8 atom stereocenters. The molecule has 1 spiro atoms. The zero-order valence-corrected chi connectivity index (χ0v) is 24.6. The fourth-order valence-electron chi connectivity index (χ4n) is 7.68. The Hall–Kier alpha value is -2.77. The standard InChI is InChI=1S/C33H44O7/c1-7-8-9-10-11-12-13-14-15-26(35)40-30-20(2)18-32-21(3)16-25-27(31(25,5)6)24(29(32)37)17-23(19-39-22(4)34)28(36)33(30,32)38/h10-15,17-18,21,24-25,27-28,30,36,38H,7-9,16,19H2,1-6H3/b11-10+,13-12-,15-14+/t21-,24?,25-,27+,28-,30+,32+,33+/m1/s1. The minimum absolute atomic E-state index is 0.0461. The Balaban J connectivity index is 1.67. The molecular formula is C33H44O7. The van der Waals surface area contributed by atoms with Gasteiger partial charge in [-0.05, 0) is 54.1 Å². The van der Waals surface area contributed by atoms with Crippen LogP contribution < -0.4 is 0 Å². The van der Waals surface area contributed by atoms with E-state index in [9.17, 15) is 24.6 Å². The van der Waals surface area contributed by atoms with Gasteiger partial charge in [0.25, 0.3) is 0 Å². The summed E-state index contributed by atoms with van der Waals surface area (Å²) in [6.45, 7) is 11.1. The highest BCUT2D eigenvalue weighted by Crippen LogP contribution is 2.71. The van der Waals surface area contributed by atoms with E-state index in [4.69, 9.17) is 9.47 Å². The topological polar surface area (TPSA) is 110 Å². The summed E-state index contributed by atoms with van der Waals surface area (Å²) in [6, 6.07) is 0. The van der Waals surface area contributed by atoms with Crippen molar-refractivity contribution in [2.24, 2.45) is 34.5 Å². The molecular weight excluding hydrogens is 508 g/mol. The quantitative estimate of drug-likeness (QED) is 0.139. The van der Waals surface area contributed by atoms with Gasteiger partial charge < -0.3 is 19.7 Å². The summed E-state index contributed by atoms with van der Waals surface area (Å²) >= 11 is 0. The Morgan fingerprint density at radius 3 is 2.55 bits per heavy atom. The number of carbonyl (C=O) groups is 3. The van der Waals surface area contributed by atoms with Crippen LogP contribution in [-0.4, -0.2) is 52.4 Å². The minimum Gasteiger partial charge on any atom is -0.461 e. The first-order valence-corrected chi connectivity index (χ1v) is 14.5. The lowest BCUT2D eigenvalue weighted by atomic mass is 9.59. The van der Waals surface area contributed by atoms with Crippen LogP contribution in [0.25, 0.3) is 0 Å². The van der Waals surface area contributed by atoms with Gasteiger partial charge in [0.2, 0.25) is 0 Å². The number of ether oxygens (including phenoxy) is 2. The number of rotatable bonds is 9. The predicted molar refractivity (Wildman–Crippen MR) is 152 cm³/mol. The third-order valence-corrected chi connectivity index (χ3v) is 9.82. The van der Waals surface area contributed by atoms with Crippen molar-refractivity contribution in [3.8, 4) is 0 Å². The molecule has 4 rings (SSSR count). The molecule has 2 fully saturated rings. The lowest BCUT2D eigenvalue weighted by Gasteiger charge is -2.48. The number of hydrogen-bond acceptors (Lipinski definition) is 7. The zero-order chi connectivity index (χ0) is 29.5. The van der Waals surface area contributed by atoms with E-state index in [1.54, 1.807) is 31.2 Å². The van der Waals surface area contributed by atoms with E-state index in [2.05, 4.69) is 26.8 Å². The molecule has 1 unspecified atom stereocenters. The summed E-state index contributed by atoms with van der Waals surface area (Å²) in [5, 5.41) is 24.4. The van der Waals surface area contributed by atoms with Crippen molar-refractivity contribution in [3.05, 3.63) is 59.8 Å². The van der Waals surface area contributed by atoms with Crippen LogP contribution in [0, 0.1) is 34.5 Å². The smallest absolute Gasteiger partial charge is 0.331 e. The molecule has 0 heterocycles. The minimum atomic E-state index is -2.16. The number of hydrogen-bond donors (Lipinski definition) is 2. The lowest BCUT2D eigenvalue weighted by molar-refractivity contribution is -0.201. The zero-order valence-electron chi connectivity index (χ0n) is 24.6. The van der Waals surface area contributed by atoms with E-state index in [1.807, 2.05) is 19.1 Å². The van der Waals surface area contributed by atoms with Crippen LogP contribution in [0.1, 0.15) is 67.2 Å². The fourth-order valence-corrected chi connectivity index (χ4v) is 7.68. The molecule has 218 valence electrons. The number of allylic oxidation sites excluding steroid dienone is 6. The molecule has 7 heteroatoms. The van der Waals surface area contributed by atoms with Crippen molar-refractivity contribution in [2.45, 2.75) is 85.0 Å². The first kappa shape index (κ1) is 30.2. The van der Waals surface area contributed by atoms with Gasteiger partial charge in [0, 0.05) is 18.9 Å². The Morgan fingerprint density at radius 2 is 1.88 bits per heavy atom. The second-order valence-electron chi connectivity index (χ2n) is 12.6. The summed E-state index contributed by atoms with van der Waals surface area (Å²) in [4.78, 5) is 39.1. The van der Waals surface area contributed by atoms with Crippen molar-refractivity contribution in [1.82, 2.24) is 0 Å². The maximum Gasteiger partial charge on any atom is 0.331 e. The molecule has 2 N–H and O–H groups in total. The van der Waals surface area contributed by atoms with Gasteiger partial charge in [0.1, 0.15) is 12.7 Å². The van der Waals surface area contributed by atoms with E-state index in [0.717, 1.165) is 19.3 Å². The maximum atomic E-state index is 14.5. The molecule has 0 saturated heterocycles. The Bertz CT molecular complexity index is 1190. The summed E-state index contributed by atoms with van der Waals surface area (Å²) in [7, 11) is 0. The predicted octanol–water partition coefficient (Wildman–Crippen LogP) is 4.80. The van der Waals surface area contributed by atoms with Crippen LogP contribution >= 0.6 is 0 Å². The molecule has 4 aliphatic rings. The van der Waals surface area contributed by atoms with Gasteiger partial charge in [-0.3, -0.25) is 9.59 Å². The average Bonchev–Trinajstić information content (AvgIpc) is 3.38. The van der Waals surface area contributed by atoms with Crippen molar-refractivity contribution >= 4 is 17.7 Å². The van der Waals surface area contributed by atoms with Crippen molar-refractivity contribution in [1.29, 1.82) is 0 Å². The third-order valence-electron chi connectivity index (χ3n) is 9.82. The van der Waals surface area contributed by atoms with Gasteiger partial charge in [-0.1, -0.05) is 83.1 Å².